The maximum Gasteiger partial charge on any atom is 0.335 e. The summed E-state index contributed by atoms with van der Waals surface area (Å²) in [6, 6.07) is 5.32. The average Bonchev–Trinajstić information content (AvgIpc) is 2.04. The van der Waals surface area contributed by atoms with Gasteiger partial charge in [-0.25, -0.2) is 4.79 Å². The van der Waals surface area contributed by atoms with E-state index in [1.165, 1.54) is 0 Å². The van der Waals surface area contributed by atoms with Crippen molar-refractivity contribution in [1.29, 1.82) is 0 Å². The molecule has 0 radical (unpaired) electrons. The Balaban J connectivity index is 3.17. The number of benzene rings is 1. The number of aryl methyl sites for hydroxylation is 1. The van der Waals surface area contributed by atoms with Crippen LogP contribution in [0.1, 0.15) is 21.5 Å². The molecule has 0 aliphatic rings. The van der Waals surface area contributed by atoms with E-state index < -0.39 is 5.97 Å². The zero-order valence-electron chi connectivity index (χ0n) is 7.58. The van der Waals surface area contributed by atoms with Gasteiger partial charge in [-0.15, -0.1) is 6.58 Å². The van der Waals surface area contributed by atoms with Crippen LogP contribution in [0.2, 0.25) is 0 Å². The van der Waals surface area contributed by atoms with E-state index in [9.17, 15) is 4.79 Å². The molecular weight excluding hydrogens is 164 g/mol. The first-order valence-electron chi connectivity index (χ1n) is 4.09. The molecule has 0 aromatic heterocycles. The monoisotopic (exact) mass is 176 g/mol. The van der Waals surface area contributed by atoms with Crippen molar-refractivity contribution in [1.82, 2.24) is 0 Å². The fourth-order valence-corrected chi connectivity index (χ4v) is 1.26. The van der Waals surface area contributed by atoms with Crippen LogP contribution in [-0.4, -0.2) is 11.1 Å². The van der Waals surface area contributed by atoms with Crippen LogP contribution in [0.3, 0.4) is 0 Å². The first kappa shape index (κ1) is 9.52. The van der Waals surface area contributed by atoms with Crippen LogP contribution >= 0.6 is 0 Å². The van der Waals surface area contributed by atoms with Gasteiger partial charge in [0.05, 0.1) is 5.56 Å². The molecule has 0 heterocycles. The number of carboxylic acids is 1. The average molecular weight is 176 g/mol. The molecule has 68 valence electrons. The number of aromatic carboxylic acids is 1. The standard InChI is InChI=1S/C11H12O2/c1-3-4-9-7-8(2)5-6-10(9)11(12)13/h3,5-7H,1,4H2,2H3,(H,12,13). The lowest BCUT2D eigenvalue weighted by atomic mass is 10.0. The van der Waals surface area contributed by atoms with Gasteiger partial charge in [0, 0.05) is 0 Å². The molecule has 0 atom stereocenters. The van der Waals surface area contributed by atoms with Crippen LogP contribution < -0.4 is 0 Å². The van der Waals surface area contributed by atoms with E-state index in [2.05, 4.69) is 6.58 Å². The first-order chi connectivity index (χ1) is 6.15. The summed E-state index contributed by atoms with van der Waals surface area (Å²) in [7, 11) is 0. The molecule has 0 fully saturated rings. The minimum atomic E-state index is -0.878. The van der Waals surface area contributed by atoms with Crippen molar-refractivity contribution in [3.05, 3.63) is 47.5 Å². The lowest BCUT2D eigenvalue weighted by Crippen LogP contribution is -2.01. The third-order valence-electron chi connectivity index (χ3n) is 1.86. The molecule has 1 aromatic rings. The minimum absolute atomic E-state index is 0.366. The van der Waals surface area contributed by atoms with E-state index in [-0.39, 0.29) is 0 Å². The molecule has 13 heavy (non-hydrogen) atoms. The van der Waals surface area contributed by atoms with Gasteiger partial charge in [0.25, 0.3) is 0 Å². The fraction of sp³-hybridized carbons (Fsp3) is 0.182. The van der Waals surface area contributed by atoms with Crippen molar-refractivity contribution < 1.29 is 9.90 Å². The molecule has 1 rings (SSSR count). The third kappa shape index (κ3) is 2.18. The van der Waals surface area contributed by atoms with Crippen molar-refractivity contribution in [3.63, 3.8) is 0 Å². The van der Waals surface area contributed by atoms with Crippen LogP contribution in [-0.2, 0) is 6.42 Å². The molecule has 0 aliphatic heterocycles. The minimum Gasteiger partial charge on any atom is -0.478 e. The second kappa shape index (κ2) is 3.90. The maximum atomic E-state index is 10.8. The number of allylic oxidation sites excluding steroid dienone is 1. The van der Waals surface area contributed by atoms with Crippen LogP contribution in [0.5, 0.6) is 0 Å². The highest BCUT2D eigenvalue weighted by molar-refractivity contribution is 5.89. The summed E-state index contributed by atoms with van der Waals surface area (Å²) in [4.78, 5) is 10.8. The summed E-state index contributed by atoms with van der Waals surface area (Å²) < 4.78 is 0. The normalized spacial score (nSPS) is 9.62. The molecule has 1 aromatic carbocycles. The molecule has 2 heteroatoms. The number of carboxylic acid groups (broad SMARTS) is 1. The highest BCUT2D eigenvalue weighted by atomic mass is 16.4. The predicted octanol–water partition coefficient (Wildman–Crippen LogP) is 2.42. The van der Waals surface area contributed by atoms with Crippen molar-refractivity contribution in [2.45, 2.75) is 13.3 Å². The number of carbonyl (C=O) groups is 1. The van der Waals surface area contributed by atoms with Gasteiger partial charge in [0.15, 0.2) is 0 Å². The summed E-state index contributed by atoms with van der Waals surface area (Å²) in [5.74, 6) is -0.878. The zero-order chi connectivity index (χ0) is 9.84. The molecule has 0 bridgehead atoms. The van der Waals surface area contributed by atoms with Gasteiger partial charge in [-0.2, -0.15) is 0 Å². The van der Waals surface area contributed by atoms with Gasteiger partial charge in [0.2, 0.25) is 0 Å². The highest BCUT2D eigenvalue weighted by Gasteiger charge is 2.07. The lowest BCUT2D eigenvalue weighted by Gasteiger charge is -2.03. The Labute approximate surface area is 77.5 Å². The molecule has 0 unspecified atom stereocenters. The van der Waals surface area contributed by atoms with E-state index in [4.69, 9.17) is 5.11 Å². The molecule has 2 nitrogen and oxygen atoms in total. The van der Waals surface area contributed by atoms with Gasteiger partial charge in [-0.3, -0.25) is 0 Å². The second-order valence-electron chi connectivity index (χ2n) is 2.96. The van der Waals surface area contributed by atoms with Crippen LogP contribution in [0, 0.1) is 6.92 Å². The van der Waals surface area contributed by atoms with E-state index in [1.807, 2.05) is 13.0 Å². The second-order valence-corrected chi connectivity index (χ2v) is 2.96. The number of hydrogen-bond acceptors (Lipinski definition) is 1. The Morgan fingerprint density at radius 1 is 1.62 bits per heavy atom. The smallest absolute Gasteiger partial charge is 0.335 e. The van der Waals surface area contributed by atoms with Crippen molar-refractivity contribution in [2.24, 2.45) is 0 Å². The van der Waals surface area contributed by atoms with Crippen LogP contribution in [0.15, 0.2) is 30.9 Å². The SMILES string of the molecule is C=CCc1cc(C)ccc1C(=O)O. The molecule has 0 saturated heterocycles. The lowest BCUT2D eigenvalue weighted by molar-refractivity contribution is 0.0696. The van der Waals surface area contributed by atoms with E-state index in [1.54, 1.807) is 18.2 Å². The topological polar surface area (TPSA) is 37.3 Å². The largest absolute Gasteiger partial charge is 0.478 e. The summed E-state index contributed by atoms with van der Waals surface area (Å²) >= 11 is 0. The maximum absolute atomic E-state index is 10.8. The zero-order valence-corrected chi connectivity index (χ0v) is 7.58. The van der Waals surface area contributed by atoms with Gasteiger partial charge >= 0.3 is 5.97 Å². The Morgan fingerprint density at radius 3 is 2.85 bits per heavy atom. The highest BCUT2D eigenvalue weighted by Crippen LogP contribution is 2.12. The summed E-state index contributed by atoms with van der Waals surface area (Å²) in [5.41, 5.74) is 2.26. The van der Waals surface area contributed by atoms with Crippen LogP contribution in [0.4, 0.5) is 0 Å². The fourth-order valence-electron chi connectivity index (χ4n) is 1.26. The third-order valence-corrected chi connectivity index (χ3v) is 1.86. The molecule has 0 amide bonds. The Hall–Kier alpha value is -1.57. The predicted molar refractivity (Wildman–Crippen MR) is 52.0 cm³/mol. The molecular formula is C11H12O2. The van der Waals surface area contributed by atoms with Crippen molar-refractivity contribution in [3.8, 4) is 0 Å². The van der Waals surface area contributed by atoms with Gasteiger partial charge in [0.1, 0.15) is 0 Å². The van der Waals surface area contributed by atoms with Crippen molar-refractivity contribution >= 4 is 5.97 Å². The Bertz CT molecular complexity index is 340. The molecule has 0 aliphatic carbocycles. The van der Waals surface area contributed by atoms with E-state index in [0.29, 0.717) is 12.0 Å². The Kier molecular flexibility index (Phi) is 2.85. The van der Waals surface area contributed by atoms with Gasteiger partial charge in [-0.05, 0) is 25.0 Å². The van der Waals surface area contributed by atoms with Gasteiger partial charge < -0.3 is 5.11 Å². The van der Waals surface area contributed by atoms with Gasteiger partial charge in [-0.1, -0.05) is 23.8 Å². The van der Waals surface area contributed by atoms with Crippen LogP contribution in [0.25, 0.3) is 0 Å². The summed E-state index contributed by atoms with van der Waals surface area (Å²) in [5, 5.41) is 8.85. The molecule has 0 spiro atoms. The quantitative estimate of drug-likeness (QED) is 0.718. The summed E-state index contributed by atoms with van der Waals surface area (Å²) in [6.45, 7) is 5.54. The first-order valence-corrected chi connectivity index (χ1v) is 4.09. The number of hydrogen-bond donors (Lipinski definition) is 1. The Morgan fingerprint density at radius 2 is 2.31 bits per heavy atom. The number of rotatable bonds is 3. The molecule has 1 N–H and O–H groups in total. The van der Waals surface area contributed by atoms with Crippen molar-refractivity contribution in [2.75, 3.05) is 0 Å². The molecule has 0 saturated carbocycles. The summed E-state index contributed by atoms with van der Waals surface area (Å²) in [6.07, 6.45) is 2.31. The van der Waals surface area contributed by atoms with E-state index >= 15 is 0 Å². The van der Waals surface area contributed by atoms with E-state index in [0.717, 1.165) is 11.1 Å².